The lowest BCUT2D eigenvalue weighted by atomic mass is 9.97. The van der Waals surface area contributed by atoms with Gasteiger partial charge in [0.2, 0.25) is 0 Å². The van der Waals surface area contributed by atoms with Crippen molar-refractivity contribution in [2.45, 2.75) is 52.3 Å². The maximum absolute atomic E-state index is 11.5. The second kappa shape index (κ2) is 9.15. The van der Waals surface area contributed by atoms with Crippen LogP contribution in [0.25, 0.3) is 0 Å². The van der Waals surface area contributed by atoms with Gasteiger partial charge in [-0.05, 0) is 46.0 Å². The zero-order valence-electron chi connectivity index (χ0n) is 11.7. The lowest BCUT2D eigenvalue weighted by Gasteiger charge is -2.13. The maximum Gasteiger partial charge on any atom is 0.376 e. The molecule has 0 bridgehead atoms. The first-order chi connectivity index (χ1) is 8.38. The second-order valence-electron chi connectivity index (χ2n) is 4.75. The number of rotatable bonds is 8. The van der Waals surface area contributed by atoms with E-state index in [2.05, 4.69) is 24.7 Å². The summed E-state index contributed by atoms with van der Waals surface area (Å²) in [5.41, 5.74) is 1.28. The number of Topliss-reactive ketones (excluding diaryl/α,β-unsaturated/α-hetero) is 1. The summed E-state index contributed by atoms with van der Waals surface area (Å²) in [6.07, 6.45) is 4.61. The molecular formula is C14H23ClO3. The van der Waals surface area contributed by atoms with Gasteiger partial charge in [-0.25, -0.2) is 4.79 Å². The fourth-order valence-corrected chi connectivity index (χ4v) is 1.96. The maximum atomic E-state index is 11.5. The van der Waals surface area contributed by atoms with Crippen LogP contribution in [0.3, 0.4) is 0 Å². The van der Waals surface area contributed by atoms with Crippen LogP contribution in [-0.4, -0.2) is 23.7 Å². The molecule has 0 aromatic rings. The van der Waals surface area contributed by atoms with E-state index < -0.39 is 17.1 Å². The number of halogens is 1. The highest BCUT2D eigenvalue weighted by molar-refractivity contribution is 6.47. The largest absolute Gasteiger partial charge is 0.460 e. The van der Waals surface area contributed by atoms with E-state index in [1.54, 1.807) is 6.92 Å². The Kier molecular flexibility index (Phi) is 8.73. The van der Waals surface area contributed by atoms with Crippen LogP contribution in [0.4, 0.5) is 0 Å². The number of hydrogen-bond acceptors (Lipinski definition) is 3. The van der Waals surface area contributed by atoms with Crippen molar-refractivity contribution in [1.29, 1.82) is 0 Å². The summed E-state index contributed by atoms with van der Waals surface area (Å²) in [6, 6.07) is 0. The lowest BCUT2D eigenvalue weighted by molar-refractivity contribution is -0.153. The highest BCUT2D eigenvalue weighted by atomic mass is 35.5. The smallest absolute Gasteiger partial charge is 0.376 e. The molecule has 0 heterocycles. The number of allylic oxidation sites excluding steroid dienone is 2. The van der Waals surface area contributed by atoms with E-state index in [9.17, 15) is 9.59 Å². The Bertz CT molecular complexity index is 306. The highest BCUT2D eigenvalue weighted by Crippen LogP contribution is 2.18. The Morgan fingerprint density at radius 3 is 2.44 bits per heavy atom. The third kappa shape index (κ3) is 7.49. The molecule has 0 radical (unpaired) electrons. The summed E-state index contributed by atoms with van der Waals surface area (Å²) in [5, 5.41) is -0.772. The summed E-state index contributed by atoms with van der Waals surface area (Å²) >= 11 is 5.93. The van der Waals surface area contributed by atoms with Crippen molar-refractivity contribution < 1.29 is 14.3 Å². The van der Waals surface area contributed by atoms with Crippen LogP contribution < -0.4 is 0 Å². The first-order valence-corrected chi connectivity index (χ1v) is 6.80. The highest BCUT2D eigenvalue weighted by Gasteiger charge is 2.25. The van der Waals surface area contributed by atoms with Gasteiger partial charge < -0.3 is 4.74 Å². The van der Waals surface area contributed by atoms with Crippen molar-refractivity contribution in [3.05, 3.63) is 11.6 Å². The molecule has 2 atom stereocenters. The number of carbonyl (C=O) groups is 2. The molecule has 0 saturated carbocycles. The molecule has 0 spiro atoms. The van der Waals surface area contributed by atoms with E-state index in [0.29, 0.717) is 12.3 Å². The molecule has 0 aliphatic heterocycles. The van der Waals surface area contributed by atoms with Crippen molar-refractivity contribution in [2.75, 3.05) is 6.61 Å². The minimum atomic E-state index is -0.825. The van der Waals surface area contributed by atoms with E-state index in [0.717, 1.165) is 12.8 Å². The average Bonchev–Trinajstić information content (AvgIpc) is 2.27. The summed E-state index contributed by atoms with van der Waals surface area (Å²) in [5.74, 6) is -1.15. The first-order valence-electron chi connectivity index (χ1n) is 6.36. The molecule has 104 valence electrons. The number of ketones is 1. The van der Waals surface area contributed by atoms with Gasteiger partial charge in [0.25, 0.3) is 5.78 Å². The molecule has 0 amide bonds. The quantitative estimate of drug-likeness (QED) is 0.294. The average molecular weight is 275 g/mol. The van der Waals surface area contributed by atoms with Crippen LogP contribution >= 0.6 is 11.6 Å². The van der Waals surface area contributed by atoms with Gasteiger partial charge >= 0.3 is 5.97 Å². The molecule has 4 heteroatoms. The normalized spacial score (nSPS) is 13.6. The lowest BCUT2D eigenvalue weighted by Crippen LogP contribution is -2.27. The number of hydrogen-bond donors (Lipinski definition) is 0. The van der Waals surface area contributed by atoms with E-state index in [4.69, 9.17) is 11.6 Å². The van der Waals surface area contributed by atoms with Crippen LogP contribution in [0.2, 0.25) is 0 Å². The van der Waals surface area contributed by atoms with Crippen molar-refractivity contribution in [2.24, 2.45) is 5.92 Å². The Hall–Kier alpha value is -0.830. The summed E-state index contributed by atoms with van der Waals surface area (Å²) in [4.78, 5) is 22.7. The van der Waals surface area contributed by atoms with Crippen LogP contribution in [0.5, 0.6) is 0 Å². The number of carbonyl (C=O) groups excluding carboxylic acids is 2. The standard InChI is InChI=1S/C14H23ClO3/c1-5-18-14(17)13(16)12(15)9-11(4)8-6-7-10(2)3/h7,11-12H,5-6,8-9H2,1-4H3/t11-,12?/m1/s1. The molecule has 0 N–H and O–H groups in total. The Balaban J connectivity index is 4.06. The van der Waals surface area contributed by atoms with Crippen LogP contribution in [-0.2, 0) is 14.3 Å². The van der Waals surface area contributed by atoms with Gasteiger partial charge in [0.15, 0.2) is 0 Å². The van der Waals surface area contributed by atoms with Crippen molar-refractivity contribution in [3.8, 4) is 0 Å². The van der Waals surface area contributed by atoms with Crippen molar-refractivity contribution >= 4 is 23.4 Å². The SMILES string of the molecule is CCOC(=O)C(=O)C(Cl)C[C@H](C)CCC=C(C)C. The molecule has 18 heavy (non-hydrogen) atoms. The van der Waals surface area contributed by atoms with Gasteiger partial charge in [0.1, 0.15) is 5.38 Å². The monoisotopic (exact) mass is 274 g/mol. The Labute approximate surface area is 115 Å². The molecule has 0 aromatic carbocycles. The predicted molar refractivity (Wildman–Crippen MR) is 73.7 cm³/mol. The van der Waals surface area contributed by atoms with E-state index in [-0.39, 0.29) is 6.61 Å². The third-order valence-corrected chi connectivity index (χ3v) is 2.96. The molecular weight excluding hydrogens is 252 g/mol. The van der Waals surface area contributed by atoms with Crippen LogP contribution in [0.15, 0.2) is 11.6 Å². The van der Waals surface area contributed by atoms with Gasteiger partial charge in [-0.15, -0.1) is 11.6 Å². The zero-order valence-corrected chi connectivity index (χ0v) is 12.4. The van der Waals surface area contributed by atoms with Gasteiger partial charge in [-0.1, -0.05) is 18.6 Å². The fourth-order valence-electron chi connectivity index (χ4n) is 1.56. The van der Waals surface area contributed by atoms with Gasteiger partial charge in [0, 0.05) is 0 Å². The van der Waals surface area contributed by atoms with Crippen molar-refractivity contribution in [1.82, 2.24) is 0 Å². The van der Waals surface area contributed by atoms with Gasteiger partial charge in [-0.3, -0.25) is 4.79 Å². The molecule has 0 aliphatic rings. The number of esters is 1. The minimum Gasteiger partial charge on any atom is -0.460 e. The molecule has 0 aromatic heterocycles. The Morgan fingerprint density at radius 2 is 1.94 bits per heavy atom. The van der Waals surface area contributed by atoms with E-state index >= 15 is 0 Å². The summed E-state index contributed by atoms with van der Waals surface area (Å²) in [7, 11) is 0. The molecule has 0 rings (SSSR count). The predicted octanol–water partition coefficient (Wildman–Crippen LogP) is 3.50. The van der Waals surface area contributed by atoms with Crippen LogP contribution in [0.1, 0.15) is 47.0 Å². The zero-order chi connectivity index (χ0) is 14.1. The van der Waals surface area contributed by atoms with E-state index in [1.807, 2.05) is 6.92 Å². The fraction of sp³-hybridized carbons (Fsp3) is 0.714. The number of ether oxygens (including phenoxy) is 1. The first kappa shape index (κ1) is 17.2. The molecule has 0 saturated heterocycles. The van der Waals surface area contributed by atoms with Crippen molar-refractivity contribution in [3.63, 3.8) is 0 Å². The summed E-state index contributed by atoms with van der Waals surface area (Å²) < 4.78 is 4.64. The van der Waals surface area contributed by atoms with E-state index in [1.165, 1.54) is 5.57 Å². The second-order valence-corrected chi connectivity index (χ2v) is 5.28. The third-order valence-electron chi connectivity index (χ3n) is 2.58. The van der Waals surface area contributed by atoms with Gasteiger partial charge in [-0.2, -0.15) is 0 Å². The molecule has 0 fully saturated rings. The molecule has 3 nitrogen and oxygen atoms in total. The molecule has 0 aliphatic carbocycles. The molecule has 1 unspecified atom stereocenters. The summed E-state index contributed by atoms with van der Waals surface area (Å²) in [6.45, 7) is 8.01. The minimum absolute atomic E-state index is 0.199. The Morgan fingerprint density at radius 1 is 1.33 bits per heavy atom. The topological polar surface area (TPSA) is 43.4 Å². The number of alkyl halides is 1. The van der Waals surface area contributed by atoms with Gasteiger partial charge in [0.05, 0.1) is 6.61 Å². The van der Waals surface area contributed by atoms with Crippen LogP contribution in [0, 0.1) is 5.92 Å².